The quantitative estimate of drug-likeness (QED) is 0.726. The summed E-state index contributed by atoms with van der Waals surface area (Å²) in [4.78, 5) is 16.2. The summed E-state index contributed by atoms with van der Waals surface area (Å²) in [5, 5.41) is 0. The molecule has 84 valence electrons. The van der Waals surface area contributed by atoms with Crippen molar-refractivity contribution in [2.24, 2.45) is 4.99 Å². The first-order valence-corrected chi connectivity index (χ1v) is 5.53. The molecule has 3 heteroatoms. The van der Waals surface area contributed by atoms with Gasteiger partial charge in [0.2, 0.25) is 0 Å². The molecule has 3 nitrogen and oxygen atoms in total. The fraction of sp³-hybridized carbons (Fsp3) is 0.385. The van der Waals surface area contributed by atoms with Gasteiger partial charge in [-0.3, -0.25) is 9.79 Å². The molecule has 0 bridgehead atoms. The van der Waals surface area contributed by atoms with E-state index in [4.69, 9.17) is 4.74 Å². The molecule has 0 saturated heterocycles. The number of aliphatic imine (C=N–C) groups is 1. The van der Waals surface area contributed by atoms with Gasteiger partial charge in [-0.25, -0.2) is 0 Å². The third-order valence-electron chi connectivity index (χ3n) is 2.88. The monoisotopic (exact) mass is 217 g/mol. The van der Waals surface area contributed by atoms with Crippen LogP contribution in [-0.2, 0) is 14.9 Å². The number of nitrogens with zero attached hydrogens (tertiary/aromatic N) is 1. The Morgan fingerprint density at radius 2 is 2.19 bits per heavy atom. The minimum Gasteiger partial charge on any atom is -0.465 e. The lowest BCUT2D eigenvalue weighted by Gasteiger charge is -2.23. The normalized spacial score (nSPS) is 23.3. The van der Waals surface area contributed by atoms with Crippen LogP contribution in [0.4, 0.5) is 0 Å². The fourth-order valence-corrected chi connectivity index (χ4v) is 2.01. The van der Waals surface area contributed by atoms with Crippen LogP contribution in [-0.4, -0.2) is 25.3 Å². The predicted octanol–water partition coefficient (Wildman–Crippen LogP) is 1.96. The second-order valence-corrected chi connectivity index (χ2v) is 3.84. The van der Waals surface area contributed by atoms with Gasteiger partial charge in [-0.1, -0.05) is 30.3 Å². The Morgan fingerprint density at radius 3 is 2.75 bits per heavy atom. The van der Waals surface area contributed by atoms with Crippen LogP contribution in [0.2, 0.25) is 0 Å². The Morgan fingerprint density at radius 1 is 1.44 bits per heavy atom. The van der Waals surface area contributed by atoms with Crippen molar-refractivity contribution in [1.29, 1.82) is 0 Å². The third-order valence-corrected chi connectivity index (χ3v) is 2.88. The molecule has 0 aromatic heterocycles. The van der Waals surface area contributed by atoms with E-state index in [1.807, 2.05) is 37.3 Å². The Hall–Kier alpha value is -1.64. The van der Waals surface area contributed by atoms with E-state index < -0.39 is 5.41 Å². The van der Waals surface area contributed by atoms with E-state index in [1.54, 1.807) is 6.21 Å². The number of ether oxygens (including phenoxy) is 1. The van der Waals surface area contributed by atoms with Crippen LogP contribution in [0.15, 0.2) is 35.3 Å². The molecule has 16 heavy (non-hydrogen) atoms. The van der Waals surface area contributed by atoms with Crippen molar-refractivity contribution in [2.75, 3.05) is 13.2 Å². The number of esters is 1. The zero-order chi connectivity index (χ0) is 11.4. The second kappa shape index (κ2) is 4.47. The highest BCUT2D eigenvalue weighted by molar-refractivity contribution is 6.02. The number of hydrogen-bond donors (Lipinski definition) is 0. The Labute approximate surface area is 95.2 Å². The van der Waals surface area contributed by atoms with E-state index >= 15 is 0 Å². The van der Waals surface area contributed by atoms with E-state index in [9.17, 15) is 4.79 Å². The summed E-state index contributed by atoms with van der Waals surface area (Å²) in [5.41, 5.74) is 0.312. The first-order valence-electron chi connectivity index (χ1n) is 5.53. The maximum absolute atomic E-state index is 12.1. The average molecular weight is 217 g/mol. The predicted molar refractivity (Wildman–Crippen MR) is 62.7 cm³/mol. The van der Waals surface area contributed by atoms with Crippen LogP contribution in [0, 0.1) is 0 Å². The lowest BCUT2D eigenvalue weighted by atomic mass is 9.80. The van der Waals surface area contributed by atoms with Gasteiger partial charge < -0.3 is 4.74 Å². The molecule has 0 fully saturated rings. The molecule has 0 spiro atoms. The standard InChI is InChI=1S/C13H15NO2/c1-2-16-12(15)13(8-9-14-10-13)11-6-4-3-5-7-11/h3-7,10H,2,8-9H2,1H3. The van der Waals surface area contributed by atoms with Crippen molar-refractivity contribution in [1.82, 2.24) is 0 Å². The molecule has 0 amide bonds. The zero-order valence-electron chi connectivity index (χ0n) is 9.35. The van der Waals surface area contributed by atoms with Crippen LogP contribution in [0.3, 0.4) is 0 Å². The van der Waals surface area contributed by atoms with Gasteiger partial charge in [-0.05, 0) is 18.9 Å². The zero-order valence-corrected chi connectivity index (χ0v) is 9.35. The topological polar surface area (TPSA) is 38.7 Å². The lowest BCUT2D eigenvalue weighted by molar-refractivity contribution is -0.147. The van der Waals surface area contributed by atoms with E-state index in [0.29, 0.717) is 19.6 Å². The third kappa shape index (κ3) is 1.73. The Bertz CT molecular complexity index is 400. The summed E-state index contributed by atoms with van der Waals surface area (Å²) in [7, 11) is 0. The van der Waals surface area contributed by atoms with Gasteiger partial charge in [0.1, 0.15) is 5.41 Å². The summed E-state index contributed by atoms with van der Waals surface area (Å²) in [5.74, 6) is -0.192. The number of carbonyl (C=O) groups is 1. The van der Waals surface area contributed by atoms with Gasteiger partial charge in [0.25, 0.3) is 0 Å². The summed E-state index contributed by atoms with van der Waals surface area (Å²) in [6, 6.07) is 9.71. The number of benzene rings is 1. The van der Waals surface area contributed by atoms with E-state index in [-0.39, 0.29) is 5.97 Å². The number of hydrogen-bond acceptors (Lipinski definition) is 3. The van der Waals surface area contributed by atoms with Crippen LogP contribution >= 0.6 is 0 Å². The fourth-order valence-electron chi connectivity index (χ4n) is 2.01. The largest absolute Gasteiger partial charge is 0.465 e. The number of rotatable bonds is 3. The second-order valence-electron chi connectivity index (χ2n) is 3.84. The van der Waals surface area contributed by atoms with Crippen LogP contribution < -0.4 is 0 Å². The van der Waals surface area contributed by atoms with Crippen molar-refractivity contribution in [3.8, 4) is 0 Å². The molecular formula is C13H15NO2. The average Bonchev–Trinajstić information content (AvgIpc) is 2.81. The molecule has 2 rings (SSSR count). The highest BCUT2D eigenvalue weighted by atomic mass is 16.5. The van der Waals surface area contributed by atoms with Gasteiger partial charge in [0.15, 0.2) is 0 Å². The summed E-state index contributed by atoms with van der Waals surface area (Å²) in [6.45, 7) is 2.91. The molecule has 0 N–H and O–H groups in total. The van der Waals surface area contributed by atoms with Gasteiger partial charge in [-0.2, -0.15) is 0 Å². The van der Waals surface area contributed by atoms with Crippen molar-refractivity contribution < 1.29 is 9.53 Å². The van der Waals surface area contributed by atoms with Crippen molar-refractivity contribution in [3.05, 3.63) is 35.9 Å². The first kappa shape index (κ1) is 10.9. The lowest BCUT2D eigenvalue weighted by Crippen LogP contribution is -2.37. The Balaban J connectivity index is 2.37. The molecule has 0 aliphatic carbocycles. The summed E-state index contributed by atoms with van der Waals surface area (Å²) in [6.07, 6.45) is 2.44. The molecule has 1 aliphatic rings. The van der Waals surface area contributed by atoms with Crippen molar-refractivity contribution in [3.63, 3.8) is 0 Å². The maximum atomic E-state index is 12.1. The summed E-state index contributed by atoms with van der Waals surface area (Å²) >= 11 is 0. The SMILES string of the molecule is CCOC(=O)C1(c2ccccc2)C=NCC1. The molecular weight excluding hydrogens is 202 g/mol. The van der Waals surface area contributed by atoms with Crippen LogP contribution in [0.25, 0.3) is 0 Å². The van der Waals surface area contributed by atoms with Gasteiger partial charge >= 0.3 is 5.97 Å². The van der Waals surface area contributed by atoms with Gasteiger partial charge in [0, 0.05) is 12.8 Å². The summed E-state index contributed by atoms with van der Waals surface area (Å²) < 4.78 is 5.15. The van der Waals surface area contributed by atoms with E-state index in [2.05, 4.69) is 4.99 Å². The maximum Gasteiger partial charge on any atom is 0.322 e. The van der Waals surface area contributed by atoms with Crippen molar-refractivity contribution in [2.45, 2.75) is 18.8 Å². The van der Waals surface area contributed by atoms with E-state index in [1.165, 1.54) is 0 Å². The number of carbonyl (C=O) groups excluding carboxylic acids is 1. The van der Waals surface area contributed by atoms with Gasteiger partial charge in [-0.15, -0.1) is 0 Å². The molecule has 1 aromatic carbocycles. The molecule has 1 atom stereocenters. The molecule has 1 heterocycles. The molecule has 1 unspecified atom stereocenters. The molecule has 0 saturated carbocycles. The molecule has 1 aliphatic heterocycles. The first-order chi connectivity index (χ1) is 7.79. The van der Waals surface area contributed by atoms with E-state index in [0.717, 1.165) is 5.56 Å². The highest BCUT2D eigenvalue weighted by Gasteiger charge is 2.42. The molecule has 0 radical (unpaired) electrons. The van der Waals surface area contributed by atoms with Crippen LogP contribution in [0.1, 0.15) is 18.9 Å². The highest BCUT2D eigenvalue weighted by Crippen LogP contribution is 2.31. The van der Waals surface area contributed by atoms with Crippen molar-refractivity contribution >= 4 is 12.2 Å². The minimum absolute atomic E-state index is 0.192. The smallest absolute Gasteiger partial charge is 0.322 e. The molecule has 1 aromatic rings. The van der Waals surface area contributed by atoms with Gasteiger partial charge in [0.05, 0.1) is 6.61 Å². The van der Waals surface area contributed by atoms with Crippen LogP contribution in [0.5, 0.6) is 0 Å². The Kier molecular flexibility index (Phi) is 3.04. The minimum atomic E-state index is -0.655.